The highest BCUT2D eigenvalue weighted by atomic mass is 32.2. The molecule has 1 N–H and O–H groups in total. The van der Waals surface area contributed by atoms with Gasteiger partial charge in [-0.2, -0.15) is 0 Å². The minimum absolute atomic E-state index is 0.0508. The van der Waals surface area contributed by atoms with E-state index in [1.165, 1.54) is 23.0 Å². The van der Waals surface area contributed by atoms with Crippen LogP contribution in [0.2, 0.25) is 0 Å². The lowest BCUT2D eigenvalue weighted by Gasteiger charge is -2.09. The summed E-state index contributed by atoms with van der Waals surface area (Å²) < 4.78 is 6.25. The molecule has 3 rings (SSSR count). The van der Waals surface area contributed by atoms with Crippen LogP contribution in [0.25, 0.3) is 10.9 Å². The number of esters is 1. The number of benzene rings is 1. The van der Waals surface area contributed by atoms with E-state index in [0.717, 1.165) is 22.2 Å². The highest BCUT2D eigenvalue weighted by Gasteiger charge is 2.21. The number of methoxy groups -OCH3 is 1. The van der Waals surface area contributed by atoms with Crippen molar-refractivity contribution in [2.24, 2.45) is 7.05 Å². The van der Waals surface area contributed by atoms with Gasteiger partial charge in [-0.15, -0.1) is 11.3 Å². The number of ether oxygens (including phenoxy) is 1. The van der Waals surface area contributed by atoms with Gasteiger partial charge < -0.3 is 10.1 Å². The van der Waals surface area contributed by atoms with E-state index >= 15 is 0 Å². The summed E-state index contributed by atoms with van der Waals surface area (Å²) in [4.78, 5) is 42.3. The van der Waals surface area contributed by atoms with Crippen LogP contribution in [0.3, 0.4) is 0 Å². The van der Waals surface area contributed by atoms with Crippen molar-refractivity contribution in [3.8, 4) is 0 Å². The van der Waals surface area contributed by atoms with Crippen LogP contribution in [-0.4, -0.2) is 34.3 Å². The fourth-order valence-electron chi connectivity index (χ4n) is 2.68. The van der Waals surface area contributed by atoms with E-state index in [4.69, 9.17) is 4.74 Å². The van der Waals surface area contributed by atoms with Crippen LogP contribution in [0.1, 0.15) is 20.8 Å². The number of thioether (sulfide) groups is 1. The molecule has 3 aromatic rings. The predicted octanol–water partition coefficient (Wildman–Crippen LogP) is 3.13. The normalized spacial score (nSPS) is 10.9. The van der Waals surface area contributed by atoms with Gasteiger partial charge in [0.1, 0.15) is 5.00 Å². The van der Waals surface area contributed by atoms with Crippen molar-refractivity contribution in [3.05, 3.63) is 50.6 Å². The van der Waals surface area contributed by atoms with Crippen LogP contribution in [0.5, 0.6) is 0 Å². The molecule has 28 heavy (non-hydrogen) atoms. The van der Waals surface area contributed by atoms with Crippen molar-refractivity contribution in [1.82, 2.24) is 9.55 Å². The third kappa shape index (κ3) is 3.81. The zero-order valence-electron chi connectivity index (χ0n) is 15.9. The number of amides is 1. The van der Waals surface area contributed by atoms with Gasteiger partial charge in [-0.05, 0) is 31.5 Å². The number of para-hydroxylation sites is 1. The standard InChI is InChI=1S/C19H19N3O4S2/c1-10-11(2)28-16(15(10)18(25)26-4)21-14(23)9-27-19-20-13-8-6-5-7-12(13)17(24)22(19)3/h5-8H,9H2,1-4H3,(H,21,23). The van der Waals surface area contributed by atoms with Crippen LogP contribution in [-0.2, 0) is 16.6 Å². The van der Waals surface area contributed by atoms with Gasteiger partial charge in [-0.25, -0.2) is 9.78 Å². The van der Waals surface area contributed by atoms with E-state index in [-0.39, 0.29) is 17.2 Å². The minimum atomic E-state index is -0.483. The second-order valence-corrected chi connectivity index (χ2v) is 8.26. The number of thiophene rings is 1. The minimum Gasteiger partial charge on any atom is -0.465 e. The molecular weight excluding hydrogens is 398 g/mol. The molecule has 0 saturated heterocycles. The van der Waals surface area contributed by atoms with Crippen molar-refractivity contribution in [1.29, 1.82) is 0 Å². The molecular formula is C19H19N3O4S2. The summed E-state index contributed by atoms with van der Waals surface area (Å²) in [5.41, 5.74) is 1.59. The summed E-state index contributed by atoms with van der Waals surface area (Å²) in [6, 6.07) is 7.09. The van der Waals surface area contributed by atoms with Crippen molar-refractivity contribution in [2.45, 2.75) is 19.0 Å². The number of anilines is 1. The average molecular weight is 418 g/mol. The van der Waals surface area contributed by atoms with Crippen molar-refractivity contribution < 1.29 is 14.3 Å². The second kappa shape index (κ2) is 8.15. The molecule has 1 amide bonds. The summed E-state index contributed by atoms with van der Waals surface area (Å²) in [6.45, 7) is 3.70. The molecule has 146 valence electrons. The Hall–Kier alpha value is -2.65. The van der Waals surface area contributed by atoms with Crippen molar-refractivity contribution in [3.63, 3.8) is 0 Å². The molecule has 0 atom stereocenters. The molecule has 0 aliphatic carbocycles. The fourth-order valence-corrected chi connectivity index (χ4v) is 4.52. The zero-order chi connectivity index (χ0) is 20.4. The van der Waals surface area contributed by atoms with Gasteiger partial charge in [0.25, 0.3) is 5.56 Å². The van der Waals surface area contributed by atoms with Crippen LogP contribution >= 0.6 is 23.1 Å². The Morgan fingerprint density at radius 3 is 2.71 bits per heavy atom. The lowest BCUT2D eigenvalue weighted by Crippen LogP contribution is -2.21. The largest absolute Gasteiger partial charge is 0.465 e. The van der Waals surface area contributed by atoms with E-state index in [0.29, 0.717) is 26.6 Å². The lowest BCUT2D eigenvalue weighted by atomic mass is 10.1. The quantitative estimate of drug-likeness (QED) is 0.390. The molecule has 0 spiro atoms. The molecule has 0 radical (unpaired) electrons. The Morgan fingerprint density at radius 1 is 1.29 bits per heavy atom. The molecule has 7 nitrogen and oxygen atoms in total. The number of aromatic nitrogens is 2. The summed E-state index contributed by atoms with van der Waals surface area (Å²) >= 11 is 2.49. The van der Waals surface area contributed by atoms with E-state index in [1.807, 2.05) is 19.9 Å². The van der Waals surface area contributed by atoms with E-state index < -0.39 is 5.97 Å². The number of aryl methyl sites for hydroxylation is 1. The number of carbonyl (C=O) groups is 2. The summed E-state index contributed by atoms with van der Waals surface area (Å²) in [7, 11) is 2.94. The Kier molecular flexibility index (Phi) is 5.85. The van der Waals surface area contributed by atoms with E-state index in [9.17, 15) is 14.4 Å². The second-order valence-electron chi connectivity index (χ2n) is 6.09. The van der Waals surface area contributed by atoms with Crippen LogP contribution < -0.4 is 10.9 Å². The van der Waals surface area contributed by atoms with Crippen LogP contribution in [0.15, 0.2) is 34.2 Å². The molecule has 0 fully saturated rings. The zero-order valence-corrected chi connectivity index (χ0v) is 17.5. The molecule has 1 aromatic carbocycles. The Balaban J connectivity index is 1.78. The monoisotopic (exact) mass is 417 g/mol. The molecule has 9 heteroatoms. The Morgan fingerprint density at radius 2 is 2.00 bits per heavy atom. The number of rotatable bonds is 5. The molecule has 0 aliphatic rings. The molecule has 0 unspecified atom stereocenters. The molecule has 0 bridgehead atoms. The predicted molar refractivity (Wildman–Crippen MR) is 111 cm³/mol. The average Bonchev–Trinajstić information content (AvgIpc) is 2.96. The van der Waals surface area contributed by atoms with Gasteiger partial charge in [0, 0.05) is 11.9 Å². The summed E-state index contributed by atoms with van der Waals surface area (Å²) in [5.74, 6) is -0.725. The van der Waals surface area contributed by atoms with Gasteiger partial charge in [-0.3, -0.25) is 14.2 Å². The summed E-state index contributed by atoms with van der Waals surface area (Å²) in [5, 5.41) is 4.22. The number of fused-ring (bicyclic) bond motifs is 1. The van der Waals surface area contributed by atoms with Gasteiger partial charge in [0.05, 0.1) is 29.3 Å². The smallest absolute Gasteiger partial charge is 0.341 e. The maximum Gasteiger partial charge on any atom is 0.341 e. The van der Waals surface area contributed by atoms with Crippen molar-refractivity contribution >= 4 is 50.9 Å². The van der Waals surface area contributed by atoms with E-state index in [1.54, 1.807) is 25.2 Å². The fraction of sp³-hybridized carbons (Fsp3) is 0.263. The Labute approximate surface area is 169 Å². The first-order chi connectivity index (χ1) is 13.3. The maximum absolute atomic E-state index is 12.4. The molecule has 2 aromatic heterocycles. The first-order valence-corrected chi connectivity index (χ1v) is 10.2. The number of nitrogens with zero attached hydrogens (tertiary/aromatic N) is 2. The number of carbonyl (C=O) groups excluding carboxylic acids is 2. The SMILES string of the molecule is COC(=O)c1c(NC(=O)CSc2nc3ccccc3c(=O)n2C)sc(C)c1C. The topological polar surface area (TPSA) is 90.3 Å². The maximum atomic E-state index is 12.4. The van der Waals surface area contributed by atoms with Crippen molar-refractivity contribution in [2.75, 3.05) is 18.2 Å². The van der Waals surface area contributed by atoms with E-state index in [2.05, 4.69) is 10.3 Å². The van der Waals surface area contributed by atoms with Gasteiger partial charge in [0.2, 0.25) is 5.91 Å². The number of nitrogens with one attached hydrogen (secondary N) is 1. The first kappa shape index (κ1) is 20.1. The number of hydrogen-bond donors (Lipinski definition) is 1. The van der Waals surface area contributed by atoms with Crippen LogP contribution in [0.4, 0.5) is 5.00 Å². The third-order valence-corrected chi connectivity index (χ3v) is 6.45. The summed E-state index contributed by atoms with van der Waals surface area (Å²) in [6.07, 6.45) is 0. The first-order valence-electron chi connectivity index (χ1n) is 8.40. The molecule has 0 aliphatic heterocycles. The molecule has 0 saturated carbocycles. The third-order valence-electron chi connectivity index (χ3n) is 4.30. The number of hydrogen-bond acceptors (Lipinski definition) is 7. The van der Waals surface area contributed by atoms with Gasteiger partial charge >= 0.3 is 5.97 Å². The molecule has 2 heterocycles. The van der Waals surface area contributed by atoms with Crippen LogP contribution in [0, 0.1) is 13.8 Å². The highest BCUT2D eigenvalue weighted by molar-refractivity contribution is 7.99. The van der Waals surface area contributed by atoms with Gasteiger partial charge in [0.15, 0.2) is 5.16 Å². The lowest BCUT2D eigenvalue weighted by molar-refractivity contribution is -0.113. The highest BCUT2D eigenvalue weighted by Crippen LogP contribution is 2.33. The Bertz CT molecular complexity index is 1130. The van der Waals surface area contributed by atoms with Gasteiger partial charge in [-0.1, -0.05) is 23.9 Å².